The molecule has 9 nitrogen and oxygen atoms in total. The van der Waals surface area contributed by atoms with Gasteiger partial charge in [-0.3, -0.25) is 0 Å². The van der Waals surface area contributed by atoms with Gasteiger partial charge in [0.25, 0.3) is 0 Å². The van der Waals surface area contributed by atoms with Crippen molar-refractivity contribution < 1.29 is 26.9 Å². The standard InChI is InChI=1S/C15H13N3O6S2/c1-22-15(19)12-11(4-6-25-12)26(20,21)18-7-9(8-18)14-16-13(17-24-14)10-3-2-5-23-10/h2-6,9H,7-8H2,1H3. The number of furan rings is 1. The minimum Gasteiger partial charge on any atom is -0.465 e. The third-order valence-corrected chi connectivity index (χ3v) is 6.90. The highest BCUT2D eigenvalue weighted by Crippen LogP contribution is 2.34. The van der Waals surface area contributed by atoms with Crippen molar-refractivity contribution in [2.75, 3.05) is 20.2 Å². The van der Waals surface area contributed by atoms with Crippen molar-refractivity contribution in [3.05, 3.63) is 40.6 Å². The summed E-state index contributed by atoms with van der Waals surface area (Å²) in [5, 5.41) is 5.39. The Balaban J connectivity index is 1.49. The summed E-state index contributed by atoms with van der Waals surface area (Å²) >= 11 is 1.03. The van der Waals surface area contributed by atoms with Crippen LogP contribution in [0.5, 0.6) is 0 Å². The van der Waals surface area contributed by atoms with Crippen LogP contribution in [0.15, 0.2) is 43.7 Å². The summed E-state index contributed by atoms with van der Waals surface area (Å²) in [6.07, 6.45) is 1.50. The fraction of sp³-hybridized carbons (Fsp3) is 0.267. The number of ether oxygens (including phenoxy) is 1. The molecule has 0 atom stereocenters. The van der Waals surface area contributed by atoms with Gasteiger partial charge in [-0.1, -0.05) is 5.16 Å². The number of esters is 1. The van der Waals surface area contributed by atoms with Crippen molar-refractivity contribution in [3.63, 3.8) is 0 Å². The highest BCUT2D eigenvalue weighted by Gasteiger charge is 2.42. The van der Waals surface area contributed by atoms with E-state index < -0.39 is 16.0 Å². The average Bonchev–Trinajstić information content (AvgIpc) is 3.31. The van der Waals surface area contributed by atoms with Crippen LogP contribution in [0.1, 0.15) is 21.5 Å². The molecule has 0 unspecified atom stereocenters. The Morgan fingerprint density at radius 1 is 1.38 bits per heavy atom. The zero-order valence-corrected chi connectivity index (χ0v) is 15.1. The van der Waals surface area contributed by atoms with Crippen molar-refractivity contribution in [2.24, 2.45) is 0 Å². The minimum atomic E-state index is -3.79. The predicted octanol–water partition coefficient (Wildman–Crippen LogP) is 1.97. The van der Waals surface area contributed by atoms with E-state index in [1.54, 1.807) is 17.5 Å². The molecule has 1 saturated heterocycles. The fourth-order valence-electron chi connectivity index (χ4n) is 2.58. The lowest BCUT2D eigenvalue weighted by Crippen LogP contribution is -2.48. The predicted molar refractivity (Wildman–Crippen MR) is 89.2 cm³/mol. The molecule has 11 heteroatoms. The maximum Gasteiger partial charge on any atom is 0.349 e. The number of carbonyl (C=O) groups excluding carboxylic acids is 1. The molecule has 0 amide bonds. The summed E-state index contributed by atoms with van der Waals surface area (Å²) < 4.78 is 41.8. The largest absolute Gasteiger partial charge is 0.465 e. The highest BCUT2D eigenvalue weighted by molar-refractivity contribution is 7.89. The van der Waals surface area contributed by atoms with Crippen LogP contribution < -0.4 is 0 Å². The number of nitrogens with zero attached hydrogens (tertiary/aromatic N) is 3. The molecule has 1 aliphatic rings. The SMILES string of the molecule is COC(=O)c1sccc1S(=O)(=O)N1CC(c2nc(-c3ccco3)no2)C1. The Labute approximate surface area is 152 Å². The van der Waals surface area contributed by atoms with E-state index in [1.165, 1.54) is 23.7 Å². The minimum absolute atomic E-state index is 0.0467. The van der Waals surface area contributed by atoms with Gasteiger partial charge in [0.15, 0.2) is 5.76 Å². The molecule has 136 valence electrons. The number of methoxy groups -OCH3 is 1. The van der Waals surface area contributed by atoms with E-state index in [0.717, 1.165) is 11.3 Å². The Hall–Kier alpha value is -2.50. The van der Waals surface area contributed by atoms with Gasteiger partial charge >= 0.3 is 5.97 Å². The van der Waals surface area contributed by atoms with Crippen LogP contribution in [-0.2, 0) is 14.8 Å². The van der Waals surface area contributed by atoms with Crippen molar-refractivity contribution in [2.45, 2.75) is 10.8 Å². The molecule has 1 fully saturated rings. The molecule has 4 heterocycles. The molecule has 0 aliphatic carbocycles. The van der Waals surface area contributed by atoms with E-state index in [0.29, 0.717) is 17.5 Å². The van der Waals surface area contributed by atoms with Crippen molar-refractivity contribution in [3.8, 4) is 11.6 Å². The maximum absolute atomic E-state index is 12.7. The van der Waals surface area contributed by atoms with Gasteiger partial charge < -0.3 is 13.7 Å². The van der Waals surface area contributed by atoms with Gasteiger partial charge in [0, 0.05) is 13.1 Å². The summed E-state index contributed by atoms with van der Waals surface area (Å²) in [6, 6.07) is 4.82. The number of sulfonamides is 1. The van der Waals surface area contributed by atoms with Crippen molar-refractivity contribution >= 4 is 27.3 Å². The van der Waals surface area contributed by atoms with Gasteiger partial charge in [0.2, 0.25) is 21.7 Å². The smallest absolute Gasteiger partial charge is 0.349 e. The van der Waals surface area contributed by atoms with Crippen LogP contribution in [0.3, 0.4) is 0 Å². The van der Waals surface area contributed by atoms with Crippen molar-refractivity contribution in [1.82, 2.24) is 14.4 Å². The number of rotatable bonds is 5. The van der Waals surface area contributed by atoms with Gasteiger partial charge in [0.05, 0.1) is 19.3 Å². The molecule has 4 rings (SSSR count). The lowest BCUT2D eigenvalue weighted by atomic mass is 10.0. The number of aromatic nitrogens is 2. The number of carbonyl (C=O) groups is 1. The quantitative estimate of drug-likeness (QED) is 0.602. The van der Waals surface area contributed by atoms with E-state index in [1.807, 2.05) is 0 Å². The molecule has 0 bridgehead atoms. The molecule has 1 aliphatic heterocycles. The third kappa shape index (κ3) is 2.73. The summed E-state index contributed by atoms with van der Waals surface area (Å²) in [4.78, 5) is 16.0. The number of hydrogen-bond donors (Lipinski definition) is 0. The molecule has 0 N–H and O–H groups in total. The summed E-state index contributed by atoms with van der Waals surface area (Å²) in [6.45, 7) is 0.386. The third-order valence-electron chi connectivity index (χ3n) is 4.00. The first-order chi connectivity index (χ1) is 12.5. The zero-order chi connectivity index (χ0) is 18.3. The van der Waals surface area contributed by atoms with Crippen LogP contribution >= 0.6 is 11.3 Å². The lowest BCUT2D eigenvalue weighted by molar-refractivity contribution is 0.0602. The molecule has 0 aromatic carbocycles. The number of hydrogen-bond acceptors (Lipinski definition) is 9. The van der Waals surface area contributed by atoms with E-state index >= 15 is 0 Å². The fourth-order valence-corrected chi connectivity index (χ4v) is 5.42. The van der Waals surface area contributed by atoms with Gasteiger partial charge in [-0.15, -0.1) is 11.3 Å². The Kier molecular flexibility index (Phi) is 4.13. The van der Waals surface area contributed by atoms with Crippen LogP contribution in [0.25, 0.3) is 11.6 Å². The second kappa shape index (κ2) is 6.34. The summed E-state index contributed by atoms with van der Waals surface area (Å²) in [5.41, 5.74) is 0. The molecule has 0 spiro atoms. The van der Waals surface area contributed by atoms with Gasteiger partial charge in [0.1, 0.15) is 9.77 Å². The molecule has 26 heavy (non-hydrogen) atoms. The van der Waals surface area contributed by atoms with Crippen LogP contribution in [-0.4, -0.2) is 49.0 Å². The monoisotopic (exact) mass is 395 g/mol. The van der Waals surface area contributed by atoms with E-state index in [2.05, 4.69) is 14.9 Å². The lowest BCUT2D eigenvalue weighted by Gasteiger charge is -2.35. The Morgan fingerprint density at radius 3 is 2.88 bits per heavy atom. The Morgan fingerprint density at radius 2 is 2.19 bits per heavy atom. The second-order valence-electron chi connectivity index (χ2n) is 5.56. The van der Waals surface area contributed by atoms with Gasteiger partial charge in [-0.2, -0.15) is 9.29 Å². The van der Waals surface area contributed by atoms with Gasteiger partial charge in [-0.05, 0) is 23.6 Å². The Bertz CT molecular complexity index is 1030. The topological polar surface area (TPSA) is 116 Å². The van der Waals surface area contributed by atoms with Crippen molar-refractivity contribution in [1.29, 1.82) is 0 Å². The maximum atomic E-state index is 12.7. The molecular formula is C15H13N3O6S2. The first-order valence-electron chi connectivity index (χ1n) is 7.54. The average molecular weight is 395 g/mol. The van der Waals surface area contributed by atoms with E-state index in [4.69, 9.17) is 8.94 Å². The summed E-state index contributed by atoms with van der Waals surface area (Å²) in [5.74, 6) is 0.264. The van der Waals surface area contributed by atoms with Crippen LogP contribution in [0, 0.1) is 0 Å². The van der Waals surface area contributed by atoms with Crippen LogP contribution in [0.4, 0.5) is 0 Å². The first-order valence-corrected chi connectivity index (χ1v) is 9.86. The van der Waals surface area contributed by atoms with E-state index in [9.17, 15) is 13.2 Å². The second-order valence-corrected chi connectivity index (χ2v) is 8.38. The zero-order valence-electron chi connectivity index (χ0n) is 13.5. The molecular weight excluding hydrogens is 382 g/mol. The summed E-state index contributed by atoms with van der Waals surface area (Å²) in [7, 11) is -2.57. The van der Waals surface area contributed by atoms with Crippen LogP contribution in [0.2, 0.25) is 0 Å². The highest BCUT2D eigenvalue weighted by atomic mass is 32.2. The molecule has 3 aromatic rings. The normalized spacial score (nSPS) is 15.7. The molecule has 0 radical (unpaired) electrons. The van der Waals surface area contributed by atoms with E-state index in [-0.39, 0.29) is 28.8 Å². The molecule has 3 aromatic heterocycles. The number of thiophene rings is 1. The first kappa shape index (κ1) is 16.9. The van der Waals surface area contributed by atoms with Gasteiger partial charge in [-0.25, -0.2) is 13.2 Å². The molecule has 0 saturated carbocycles.